The number of nitrogens with zero attached hydrogens (tertiary/aromatic N) is 3. The minimum Gasteiger partial charge on any atom is -0.375 e. The molecule has 0 saturated carbocycles. The summed E-state index contributed by atoms with van der Waals surface area (Å²) < 4.78 is 44.1. The van der Waals surface area contributed by atoms with Crippen LogP contribution in [0.25, 0.3) is 0 Å². The summed E-state index contributed by atoms with van der Waals surface area (Å²) in [6.45, 7) is 1.86. The zero-order valence-corrected chi connectivity index (χ0v) is 19.1. The summed E-state index contributed by atoms with van der Waals surface area (Å²) in [5.41, 5.74) is 9.37. The molecule has 5 nitrogen and oxygen atoms in total. The molecule has 3 aromatic rings. The van der Waals surface area contributed by atoms with Gasteiger partial charge in [-0.1, -0.05) is 48.5 Å². The number of halogens is 3. The van der Waals surface area contributed by atoms with Gasteiger partial charge in [-0.25, -0.2) is 13.2 Å². The second-order valence-corrected chi connectivity index (χ2v) is 8.43. The van der Waals surface area contributed by atoms with Crippen molar-refractivity contribution < 1.29 is 13.2 Å². The molecule has 0 unspecified atom stereocenters. The second-order valence-electron chi connectivity index (χ2n) is 7.99. The van der Waals surface area contributed by atoms with Crippen LogP contribution in [0.3, 0.4) is 0 Å². The Morgan fingerprint density at radius 3 is 2.47 bits per heavy atom. The molecule has 1 saturated heterocycles. The van der Waals surface area contributed by atoms with Crippen molar-refractivity contribution in [2.24, 2.45) is 10.8 Å². The minimum absolute atomic E-state index is 0.0252. The van der Waals surface area contributed by atoms with Gasteiger partial charge in [0, 0.05) is 43.4 Å². The zero-order chi connectivity index (χ0) is 24.1. The summed E-state index contributed by atoms with van der Waals surface area (Å²) in [5.74, 6) is -1.44. The first-order valence-corrected chi connectivity index (χ1v) is 11.2. The maximum Gasteiger partial charge on any atom is 0.184 e. The highest BCUT2D eigenvalue weighted by atomic mass is 32.1. The van der Waals surface area contributed by atoms with Gasteiger partial charge in [0.05, 0.1) is 17.9 Å². The molecule has 176 valence electrons. The first-order chi connectivity index (χ1) is 16.4. The van der Waals surface area contributed by atoms with Crippen LogP contribution in [0.15, 0.2) is 71.8 Å². The summed E-state index contributed by atoms with van der Waals surface area (Å²) in [6.07, 6.45) is 1.13. The van der Waals surface area contributed by atoms with Gasteiger partial charge in [0.1, 0.15) is 17.5 Å². The van der Waals surface area contributed by atoms with E-state index in [0.717, 1.165) is 17.8 Å². The lowest BCUT2D eigenvalue weighted by molar-refractivity contribution is 0.166. The predicted molar refractivity (Wildman–Crippen MR) is 132 cm³/mol. The first kappa shape index (κ1) is 23.7. The number of rotatable bonds is 6. The van der Waals surface area contributed by atoms with Crippen molar-refractivity contribution in [3.05, 3.63) is 101 Å². The normalized spacial score (nSPS) is 16.7. The summed E-state index contributed by atoms with van der Waals surface area (Å²) in [4.78, 5) is 3.99. The molecule has 1 aliphatic heterocycles. The van der Waals surface area contributed by atoms with Crippen molar-refractivity contribution in [3.8, 4) is 0 Å². The largest absolute Gasteiger partial charge is 0.375 e. The van der Waals surface area contributed by atoms with Crippen molar-refractivity contribution in [2.75, 3.05) is 24.5 Å². The van der Waals surface area contributed by atoms with Gasteiger partial charge < -0.3 is 10.6 Å². The third kappa shape index (κ3) is 5.55. The minimum atomic E-state index is -0.616. The fourth-order valence-electron chi connectivity index (χ4n) is 4.12. The molecule has 0 bridgehead atoms. The highest BCUT2D eigenvalue weighted by molar-refractivity contribution is 7.80. The number of hydrogen-bond donors (Lipinski definition) is 2. The first-order valence-electron chi connectivity index (χ1n) is 10.8. The summed E-state index contributed by atoms with van der Waals surface area (Å²) in [5, 5.41) is 3.62. The number of nitrogens with one attached hydrogen (secondary N) is 1. The Hall–Kier alpha value is -3.43. The summed E-state index contributed by atoms with van der Waals surface area (Å²) in [6, 6.07) is 18.6. The Balaban J connectivity index is 1.59. The second kappa shape index (κ2) is 10.7. The monoisotopic (exact) mass is 483 g/mol. The molecule has 1 atom stereocenters. The number of anilines is 1. The molecule has 0 spiro atoms. The fourth-order valence-corrected chi connectivity index (χ4v) is 4.18. The molecule has 1 aliphatic rings. The maximum absolute atomic E-state index is 15.0. The van der Waals surface area contributed by atoms with Crippen LogP contribution in [0.5, 0.6) is 0 Å². The predicted octanol–water partition coefficient (Wildman–Crippen LogP) is 4.33. The average Bonchev–Trinajstić information content (AvgIpc) is 2.83. The molecule has 1 fully saturated rings. The molecule has 34 heavy (non-hydrogen) atoms. The number of piperazine rings is 1. The number of nitrogens with two attached hydrogens (primary N) is 1. The van der Waals surface area contributed by atoms with Gasteiger partial charge in [0.2, 0.25) is 0 Å². The number of thiocarbonyl (C=S) groups is 1. The third-order valence-electron chi connectivity index (χ3n) is 5.79. The Morgan fingerprint density at radius 2 is 1.74 bits per heavy atom. The van der Waals surface area contributed by atoms with E-state index in [-0.39, 0.29) is 28.2 Å². The molecule has 4 rings (SSSR count). The molecule has 1 heterocycles. The SMILES string of the molecule is NC(=S)N/N=C/c1cc(F)c(N2CCN(Cc3ccccc3F)[C@H](c3ccccc3)C2)cc1F. The Morgan fingerprint density at radius 1 is 1.00 bits per heavy atom. The van der Waals surface area contributed by atoms with E-state index in [1.807, 2.05) is 41.3 Å². The number of hydrogen-bond acceptors (Lipinski definition) is 4. The van der Waals surface area contributed by atoms with Gasteiger partial charge >= 0.3 is 0 Å². The van der Waals surface area contributed by atoms with Crippen LogP contribution in [0, 0.1) is 17.5 Å². The van der Waals surface area contributed by atoms with Crippen molar-refractivity contribution in [2.45, 2.75) is 12.6 Å². The van der Waals surface area contributed by atoms with E-state index in [0.29, 0.717) is 31.7 Å². The van der Waals surface area contributed by atoms with Crippen molar-refractivity contribution >= 4 is 29.2 Å². The van der Waals surface area contributed by atoms with E-state index in [2.05, 4.69) is 27.6 Å². The summed E-state index contributed by atoms with van der Waals surface area (Å²) >= 11 is 4.64. The van der Waals surface area contributed by atoms with Crippen LogP contribution >= 0.6 is 12.2 Å². The quantitative estimate of drug-likeness (QED) is 0.311. The molecular formula is C25H24F3N5S. The van der Waals surface area contributed by atoms with E-state index in [1.165, 1.54) is 12.1 Å². The lowest BCUT2D eigenvalue weighted by atomic mass is 10.0. The standard InChI is InChI=1S/C25H24F3N5S/c26-20-9-5-4-8-18(20)15-32-10-11-33(16-24(32)17-6-2-1-3-7-17)23-13-21(27)19(12-22(23)28)14-30-31-25(29)34/h1-9,12-14,24H,10-11,15-16H2,(H3,29,31,34)/b30-14+/t24-/m0/s1. The Kier molecular flexibility index (Phi) is 7.44. The highest BCUT2D eigenvalue weighted by Gasteiger charge is 2.30. The maximum atomic E-state index is 15.0. The van der Waals surface area contributed by atoms with Crippen LogP contribution in [0.2, 0.25) is 0 Å². The highest BCUT2D eigenvalue weighted by Crippen LogP contribution is 2.32. The lowest BCUT2D eigenvalue weighted by Gasteiger charge is -2.43. The topological polar surface area (TPSA) is 56.9 Å². The van der Waals surface area contributed by atoms with Crippen LogP contribution in [-0.2, 0) is 6.54 Å². The van der Waals surface area contributed by atoms with E-state index >= 15 is 4.39 Å². The smallest absolute Gasteiger partial charge is 0.184 e. The van der Waals surface area contributed by atoms with Gasteiger partial charge in [-0.15, -0.1) is 0 Å². The van der Waals surface area contributed by atoms with Gasteiger partial charge in [-0.05, 0) is 29.9 Å². The van der Waals surface area contributed by atoms with Gasteiger partial charge in [0.25, 0.3) is 0 Å². The number of hydrazone groups is 1. The van der Waals surface area contributed by atoms with E-state index in [4.69, 9.17) is 5.73 Å². The van der Waals surface area contributed by atoms with Gasteiger partial charge in [-0.3, -0.25) is 10.3 Å². The Bertz CT molecular complexity index is 1190. The summed E-state index contributed by atoms with van der Waals surface area (Å²) in [7, 11) is 0. The van der Waals surface area contributed by atoms with Crippen molar-refractivity contribution in [3.63, 3.8) is 0 Å². The van der Waals surface area contributed by atoms with Crippen LogP contribution in [0.4, 0.5) is 18.9 Å². The van der Waals surface area contributed by atoms with Crippen molar-refractivity contribution in [1.82, 2.24) is 10.3 Å². The molecule has 0 aromatic heterocycles. The molecule has 0 radical (unpaired) electrons. The molecular weight excluding hydrogens is 459 g/mol. The van der Waals surface area contributed by atoms with E-state index in [9.17, 15) is 8.78 Å². The fraction of sp³-hybridized carbons (Fsp3) is 0.200. The van der Waals surface area contributed by atoms with Crippen molar-refractivity contribution in [1.29, 1.82) is 0 Å². The van der Waals surface area contributed by atoms with Crippen LogP contribution < -0.4 is 16.1 Å². The third-order valence-corrected chi connectivity index (χ3v) is 5.88. The molecule has 9 heteroatoms. The average molecular weight is 484 g/mol. The zero-order valence-electron chi connectivity index (χ0n) is 18.3. The molecule has 3 aromatic carbocycles. The molecule has 3 N–H and O–H groups in total. The van der Waals surface area contributed by atoms with E-state index in [1.54, 1.807) is 12.1 Å². The molecule has 0 amide bonds. The number of benzene rings is 3. The van der Waals surface area contributed by atoms with E-state index < -0.39 is 11.6 Å². The lowest BCUT2D eigenvalue weighted by Crippen LogP contribution is -2.48. The van der Waals surface area contributed by atoms with Crippen LogP contribution in [-0.4, -0.2) is 35.9 Å². The van der Waals surface area contributed by atoms with Gasteiger partial charge in [0.15, 0.2) is 5.11 Å². The van der Waals surface area contributed by atoms with Crippen LogP contribution in [0.1, 0.15) is 22.7 Å². The Labute approximate surface area is 201 Å². The molecule has 0 aliphatic carbocycles. The van der Waals surface area contributed by atoms with Gasteiger partial charge in [-0.2, -0.15) is 5.10 Å².